The predicted octanol–water partition coefficient (Wildman–Crippen LogP) is 2.87. The van der Waals surface area contributed by atoms with Crippen molar-refractivity contribution in [2.24, 2.45) is 0 Å². The monoisotopic (exact) mass is 386 g/mol. The van der Waals surface area contributed by atoms with Crippen molar-refractivity contribution in [3.63, 3.8) is 0 Å². The van der Waals surface area contributed by atoms with Crippen LogP contribution in [0, 0.1) is 5.82 Å². The van der Waals surface area contributed by atoms with Gasteiger partial charge in [0.05, 0.1) is 18.6 Å². The molecule has 0 saturated carbocycles. The summed E-state index contributed by atoms with van der Waals surface area (Å²) < 4.78 is 20.8. The number of ether oxygens (including phenoxy) is 1. The van der Waals surface area contributed by atoms with E-state index in [4.69, 9.17) is 4.74 Å². The quantitative estimate of drug-likeness (QED) is 0.603. The second kappa shape index (κ2) is 9.18. The van der Waals surface area contributed by atoms with Crippen molar-refractivity contribution < 1.29 is 13.9 Å². The minimum Gasteiger partial charge on any atom is -0.496 e. The van der Waals surface area contributed by atoms with Gasteiger partial charge in [0, 0.05) is 6.54 Å². The number of para-hydroxylation sites is 2. The summed E-state index contributed by atoms with van der Waals surface area (Å²) in [5, 5.41) is 11.1. The highest BCUT2D eigenvalue weighted by molar-refractivity contribution is 7.99. The zero-order valence-electron chi connectivity index (χ0n) is 14.8. The van der Waals surface area contributed by atoms with Gasteiger partial charge in [-0.1, -0.05) is 42.1 Å². The van der Waals surface area contributed by atoms with Crippen molar-refractivity contribution in [2.45, 2.75) is 11.6 Å². The molecule has 0 aliphatic rings. The molecule has 0 radical (unpaired) electrons. The summed E-state index contributed by atoms with van der Waals surface area (Å²) in [6.45, 7) is 0.500. The van der Waals surface area contributed by atoms with Gasteiger partial charge in [0.1, 0.15) is 17.9 Å². The largest absolute Gasteiger partial charge is 0.496 e. The topological polar surface area (TPSA) is 69.0 Å². The highest BCUT2D eigenvalue weighted by atomic mass is 32.2. The van der Waals surface area contributed by atoms with E-state index in [0.29, 0.717) is 23.8 Å². The molecule has 0 fully saturated rings. The molecule has 6 nitrogen and oxygen atoms in total. The summed E-state index contributed by atoms with van der Waals surface area (Å²) in [4.78, 5) is 12.1. The van der Waals surface area contributed by atoms with Gasteiger partial charge in [0.25, 0.3) is 0 Å². The molecule has 0 unspecified atom stereocenters. The van der Waals surface area contributed by atoms with Crippen molar-refractivity contribution >= 4 is 17.7 Å². The van der Waals surface area contributed by atoms with Gasteiger partial charge < -0.3 is 10.1 Å². The molecule has 8 heteroatoms. The average molecular weight is 386 g/mol. The van der Waals surface area contributed by atoms with Crippen LogP contribution in [-0.4, -0.2) is 40.1 Å². The smallest absolute Gasteiger partial charge is 0.230 e. The fourth-order valence-corrected chi connectivity index (χ4v) is 3.31. The third-order valence-corrected chi connectivity index (χ3v) is 4.81. The van der Waals surface area contributed by atoms with Crippen LogP contribution in [0.15, 0.2) is 60.0 Å². The Morgan fingerprint density at radius 1 is 1.22 bits per heavy atom. The number of carbonyl (C=O) groups is 1. The molecule has 0 aliphatic carbocycles. The number of hydrogen-bond donors (Lipinski definition) is 1. The Hall–Kier alpha value is -2.87. The third kappa shape index (κ3) is 4.85. The summed E-state index contributed by atoms with van der Waals surface area (Å²) in [6.07, 6.45) is 2.10. The van der Waals surface area contributed by atoms with E-state index in [-0.39, 0.29) is 17.5 Å². The Bertz CT molecular complexity index is 916. The van der Waals surface area contributed by atoms with Crippen LogP contribution < -0.4 is 10.1 Å². The lowest BCUT2D eigenvalue weighted by Crippen LogP contribution is -2.27. The average Bonchev–Trinajstić information content (AvgIpc) is 3.15. The summed E-state index contributed by atoms with van der Waals surface area (Å²) >= 11 is 1.21. The first-order valence-electron chi connectivity index (χ1n) is 8.35. The molecule has 0 saturated heterocycles. The zero-order chi connectivity index (χ0) is 19.1. The van der Waals surface area contributed by atoms with Crippen molar-refractivity contribution in [1.82, 2.24) is 20.1 Å². The van der Waals surface area contributed by atoms with E-state index < -0.39 is 0 Å². The number of nitrogens with one attached hydrogen (secondary N) is 1. The molecule has 2 aromatic carbocycles. The van der Waals surface area contributed by atoms with E-state index >= 15 is 0 Å². The molecule has 3 aromatic rings. The molecule has 1 heterocycles. The minimum absolute atomic E-state index is 0.127. The van der Waals surface area contributed by atoms with Crippen LogP contribution in [0.5, 0.6) is 5.75 Å². The second-order valence-electron chi connectivity index (χ2n) is 5.64. The zero-order valence-corrected chi connectivity index (χ0v) is 15.6. The van der Waals surface area contributed by atoms with E-state index in [0.717, 1.165) is 11.3 Å². The van der Waals surface area contributed by atoms with Crippen LogP contribution in [0.2, 0.25) is 0 Å². The van der Waals surface area contributed by atoms with E-state index in [2.05, 4.69) is 15.5 Å². The third-order valence-electron chi connectivity index (χ3n) is 3.87. The Kier molecular flexibility index (Phi) is 6.43. The Labute approximate surface area is 160 Å². The van der Waals surface area contributed by atoms with Gasteiger partial charge in [-0.05, 0) is 30.2 Å². The van der Waals surface area contributed by atoms with Crippen molar-refractivity contribution in [3.05, 3.63) is 66.2 Å². The number of thioether (sulfide) groups is 1. The summed E-state index contributed by atoms with van der Waals surface area (Å²) in [7, 11) is 1.62. The summed E-state index contributed by atoms with van der Waals surface area (Å²) in [6, 6.07) is 14.1. The number of rotatable bonds is 8. The highest BCUT2D eigenvalue weighted by Gasteiger charge is 2.12. The first-order valence-corrected chi connectivity index (χ1v) is 9.34. The first-order chi connectivity index (χ1) is 13.2. The van der Waals surface area contributed by atoms with Gasteiger partial charge >= 0.3 is 0 Å². The Morgan fingerprint density at radius 2 is 2.00 bits per heavy atom. The Morgan fingerprint density at radius 3 is 2.81 bits per heavy atom. The van der Waals surface area contributed by atoms with E-state index in [1.807, 2.05) is 24.3 Å². The number of methoxy groups -OCH3 is 1. The number of carbonyl (C=O) groups excluding carboxylic acids is 1. The van der Waals surface area contributed by atoms with Crippen LogP contribution in [0.4, 0.5) is 4.39 Å². The molecule has 0 atom stereocenters. The molecule has 27 heavy (non-hydrogen) atoms. The lowest BCUT2D eigenvalue weighted by atomic mass is 10.1. The van der Waals surface area contributed by atoms with Gasteiger partial charge in [-0.15, -0.1) is 10.2 Å². The number of aromatic nitrogens is 3. The van der Waals surface area contributed by atoms with Crippen molar-refractivity contribution in [3.8, 4) is 11.4 Å². The normalized spacial score (nSPS) is 10.6. The number of amides is 1. The maximum Gasteiger partial charge on any atom is 0.230 e. The van der Waals surface area contributed by atoms with Gasteiger partial charge in [-0.3, -0.25) is 9.36 Å². The van der Waals surface area contributed by atoms with Crippen molar-refractivity contribution in [1.29, 1.82) is 0 Å². The number of hydrogen-bond acceptors (Lipinski definition) is 5. The van der Waals surface area contributed by atoms with Crippen LogP contribution in [0.25, 0.3) is 5.69 Å². The standard InChI is InChI=1S/C19H19FN4O2S/c1-26-17-9-5-2-6-14(17)10-11-21-18(25)12-27-19-23-22-13-24(19)16-8-4-3-7-15(16)20/h2-9,13H,10-12H2,1H3,(H,21,25). The highest BCUT2D eigenvalue weighted by Crippen LogP contribution is 2.21. The molecule has 1 amide bonds. The van der Waals surface area contributed by atoms with E-state index in [1.54, 1.807) is 25.3 Å². The van der Waals surface area contributed by atoms with Gasteiger partial charge in [0.2, 0.25) is 5.91 Å². The van der Waals surface area contributed by atoms with Crippen LogP contribution >= 0.6 is 11.8 Å². The second-order valence-corrected chi connectivity index (χ2v) is 6.58. The molecule has 0 bridgehead atoms. The number of halogens is 1. The van der Waals surface area contributed by atoms with Gasteiger partial charge in [-0.25, -0.2) is 4.39 Å². The Balaban J connectivity index is 1.52. The van der Waals surface area contributed by atoms with Crippen molar-refractivity contribution in [2.75, 3.05) is 19.4 Å². The van der Waals surface area contributed by atoms with E-state index in [1.165, 1.54) is 28.7 Å². The SMILES string of the molecule is COc1ccccc1CCNC(=O)CSc1nncn1-c1ccccc1F. The van der Waals surface area contributed by atoms with Crippen LogP contribution in [0.1, 0.15) is 5.56 Å². The number of nitrogens with zero attached hydrogens (tertiary/aromatic N) is 3. The summed E-state index contributed by atoms with van der Waals surface area (Å²) in [5.74, 6) is 0.469. The molecule has 3 rings (SSSR count). The predicted molar refractivity (Wildman–Crippen MR) is 102 cm³/mol. The lowest BCUT2D eigenvalue weighted by Gasteiger charge is -2.09. The maximum absolute atomic E-state index is 13.9. The maximum atomic E-state index is 13.9. The van der Waals surface area contributed by atoms with Crippen LogP contribution in [0.3, 0.4) is 0 Å². The van der Waals surface area contributed by atoms with Gasteiger partial charge in [-0.2, -0.15) is 0 Å². The van der Waals surface area contributed by atoms with E-state index in [9.17, 15) is 9.18 Å². The van der Waals surface area contributed by atoms with Crippen LogP contribution in [-0.2, 0) is 11.2 Å². The molecular weight excluding hydrogens is 367 g/mol. The van der Waals surface area contributed by atoms with Gasteiger partial charge in [0.15, 0.2) is 5.16 Å². The number of benzene rings is 2. The lowest BCUT2D eigenvalue weighted by molar-refractivity contribution is -0.118. The molecule has 0 aliphatic heterocycles. The molecule has 1 aromatic heterocycles. The first kappa shape index (κ1) is 18.9. The minimum atomic E-state index is -0.375. The summed E-state index contributed by atoms with van der Waals surface area (Å²) in [5.41, 5.74) is 1.38. The fraction of sp³-hybridized carbons (Fsp3) is 0.211. The molecule has 140 valence electrons. The molecule has 1 N–H and O–H groups in total. The molecular formula is C19H19FN4O2S. The fourth-order valence-electron chi connectivity index (χ4n) is 2.56. The molecule has 0 spiro atoms.